The fourth-order valence-electron chi connectivity index (χ4n) is 3.74. The van der Waals surface area contributed by atoms with E-state index in [2.05, 4.69) is 30.3 Å². The van der Waals surface area contributed by atoms with Crippen LogP contribution >= 0.6 is 0 Å². The van der Waals surface area contributed by atoms with E-state index >= 15 is 0 Å². The Balaban J connectivity index is 2.02. The topological polar surface area (TPSA) is 32.3 Å². The number of hydrogen-bond donors (Lipinski definition) is 1. The summed E-state index contributed by atoms with van der Waals surface area (Å²) in [6.07, 6.45) is 5.67. The van der Waals surface area contributed by atoms with E-state index in [-0.39, 0.29) is 11.3 Å². The van der Waals surface area contributed by atoms with Crippen molar-refractivity contribution in [1.29, 1.82) is 0 Å². The average molecular weight is 258 g/mol. The highest BCUT2D eigenvalue weighted by Gasteiger charge is 2.42. The van der Waals surface area contributed by atoms with Gasteiger partial charge in [0.2, 0.25) is 5.91 Å². The molecule has 1 aromatic carbocycles. The van der Waals surface area contributed by atoms with Crippen molar-refractivity contribution >= 4 is 17.3 Å². The van der Waals surface area contributed by atoms with Crippen LogP contribution in [-0.2, 0) is 4.79 Å². The molecule has 2 aliphatic rings. The van der Waals surface area contributed by atoms with Crippen LogP contribution in [0.5, 0.6) is 0 Å². The molecule has 0 atom stereocenters. The summed E-state index contributed by atoms with van der Waals surface area (Å²) in [5.74, 6) is 0.225. The van der Waals surface area contributed by atoms with Gasteiger partial charge in [-0.2, -0.15) is 0 Å². The lowest BCUT2D eigenvalue weighted by atomic mass is 9.73. The van der Waals surface area contributed by atoms with E-state index in [1.165, 1.54) is 30.5 Å². The zero-order valence-electron chi connectivity index (χ0n) is 11.8. The molecule has 1 N–H and O–H groups in total. The first-order chi connectivity index (χ1) is 9.12. The highest BCUT2D eigenvalue weighted by atomic mass is 16.2. The summed E-state index contributed by atoms with van der Waals surface area (Å²) in [7, 11) is 2.11. The van der Waals surface area contributed by atoms with Crippen LogP contribution in [0.3, 0.4) is 0 Å². The van der Waals surface area contributed by atoms with Crippen LogP contribution in [0, 0.1) is 12.3 Å². The lowest BCUT2D eigenvalue weighted by Crippen LogP contribution is -2.44. The maximum absolute atomic E-state index is 12.7. The van der Waals surface area contributed by atoms with Crippen molar-refractivity contribution in [3.8, 4) is 0 Å². The fraction of sp³-hybridized carbons (Fsp3) is 0.562. The van der Waals surface area contributed by atoms with Crippen LogP contribution in [-0.4, -0.2) is 19.5 Å². The minimum Gasteiger partial charge on any atom is -0.372 e. The molecule has 1 aliphatic carbocycles. The third kappa shape index (κ3) is 2.01. The number of rotatable bonds is 0. The van der Waals surface area contributed by atoms with Crippen molar-refractivity contribution in [2.45, 2.75) is 39.0 Å². The normalized spacial score (nSPS) is 21.8. The van der Waals surface area contributed by atoms with Crippen LogP contribution in [0.15, 0.2) is 18.2 Å². The second-order valence-corrected chi connectivity index (χ2v) is 6.12. The van der Waals surface area contributed by atoms with Gasteiger partial charge in [0.05, 0.1) is 16.8 Å². The first-order valence-corrected chi connectivity index (χ1v) is 7.25. The summed E-state index contributed by atoms with van der Waals surface area (Å²) in [5.41, 5.74) is 3.19. The van der Waals surface area contributed by atoms with Crippen molar-refractivity contribution in [3.05, 3.63) is 23.8 Å². The standard InChI is InChI=1S/C16H22N2O/c1-12-7-6-8-13-14(12)18(2)11-16(15(19)17-13)9-4-3-5-10-16/h6-8H,3-5,9-11H2,1-2H3,(H,17,19). The Morgan fingerprint density at radius 2 is 1.95 bits per heavy atom. The molecule has 102 valence electrons. The van der Waals surface area contributed by atoms with Gasteiger partial charge in [0.1, 0.15) is 0 Å². The predicted octanol–water partition coefficient (Wildman–Crippen LogP) is 3.33. The number of aryl methyl sites for hydroxylation is 1. The molecule has 3 nitrogen and oxygen atoms in total. The molecule has 19 heavy (non-hydrogen) atoms. The molecule has 1 fully saturated rings. The SMILES string of the molecule is Cc1cccc2c1N(C)CC1(CCCCC1)C(=O)N2. The maximum Gasteiger partial charge on any atom is 0.232 e. The number of carbonyl (C=O) groups is 1. The Morgan fingerprint density at radius 1 is 1.21 bits per heavy atom. The van der Waals surface area contributed by atoms with Crippen molar-refractivity contribution in [2.24, 2.45) is 5.41 Å². The van der Waals surface area contributed by atoms with Crippen molar-refractivity contribution in [3.63, 3.8) is 0 Å². The Labute approximate surface area is 115 Å². The summed E-state index contributed by atoms with van der Waals surface area (Å²) in [5, 5.41) is 3.17. The molecule has 3 rings (SSSR count). The van der Waals surface area contributed by atoms with Gasteiger partial charge in [-0.25, -0.2) is 0 Å². The molecule has 0 bridgehead atoms. The van der Waals surface area contributed by atoms with Gasteiger partial charge in [0.15, 0.2) is 0 Å². The minimum absolute atomic E-state index is 0.182. The maximum atomic E-state index is 12.7. The number of fused-ring (bicyclic) bond motifs is 1. The molecule has 0 aromatic heterocycles. The largest absolute Gasteiger partial charge is 0.372 e. The lowest BCUT2D eigenvalue weighted by molar-refractivity contribution is -0.126. The summed E-state index contributed by atoms with van der Waals surface area (Å²) < 4.78 is 0. The first kappa shape index (κ1) is 12.5. The summed E-state index contributed by atoms with van der Waals surface area (Å²) in [6.45, 7) is 2.96. The van der Waals surface area contributed by atoms with E-state index < -0.39 is 0 Å². The van der Waals surface area contributed by atoms with E-state index in [4.69, 9.17) is 0 Å². The number of carbonyl (C=O) groups excluding carboxylic acids is 1. The Morgan fingerprint density at radius 3 is 2.68 bits per heavy atom. The summed E-state index contributed by atoms with van der Waals surface area (Å²) >= 11 is 0. The quantitative estimate of drug-likeness (QED) is 0.774. The Kier molecular flexibility index (Phi) is 3.00. The van der Waals surface area contributed by atoms with Crippen LogP contribution < -0.4 is 10.2 Å². The number of para-hydroxylation sites is 1. The van der Waals surface area contributed by atoms with Crippen molar-refractivity contribution in [1.82, 2.24) is 0 Å². The number of nitrogens with one attached hydrogen (secondary N) is 1. The van der Waals surface area contributed by atoms with Gasteiger partial charge in [-0.1, -0.05) is 31.4 Å². The van der Waals surface area contributed by atoms with E-state index in [0.717, 1.165) is 25.1 Å². The summed E-state index contributed by atoms with van der Waals surface area (Å²) in [4.78, 5) is 14.9. The minimum atomic E-state index is -0.182. The van der Waals surface area contributed by atoms with Crippen LogP contribution in [0.25, 0.3) is 0 Å². The van der Waals surface area contributed by atoms with E-state index in [9.17, 15) is 4.79 Å². The second kappa shape index (κ2) is 4.55. The first-order valence-electron chi connectivity index (χ1n) is 7.25. The van der Waals surface area contributed by atoms with Gasteiger partial charge in [-0.05, 0) is 31.4 Å². The van der Waals surface area contributed by atoms with E-state index in [1.54, 1.807) is 0 Å². The molecule has 1 aromatic rings. The Bertz CT molecular complexity index is 503. The number of nitrogens with zero attached hydrogens (tertiary/aromatic N) is 1. The molecule has 1 spiro atoms. The van der Waals surface area contributed by atoms with Crippen LogP contribution in [0.2, 0.25) is 0 Å². The van der Waals surface area contributed by atoms with Gasteiger partial charge in [-0.3, -0.25) is 4.79 Å². The molecular weight excluding hydrogens is 236 g/mol. The smallest absolute Gasteiger partial charge is 0.232 e. The van der Waals surface area contributed by atoms with Crippen molar-refractivity contribution < 1.29 is 4.79 Å². The molecule has 0 unspecified atom stereocenters. The molecule has 3 heteroatoms. The molecule has 1 amide bonds. The third-order valence-corrected chi connectivity index (χ3v) is 4.70. The van der Waals surface area contributed by atoms with Crippen LogP contribution in [0.1, 0.15) is 37.7 Å². The summed E-state index contributed by atoms with van der Waals surface area (Å²) in [6, 6.07) is 6.14. The molecule has 1 saturated carbocycles. The monoisotopic (exact) mass is 258 g/mol. The van der Waals surface area contributed by atoms with Gasteiger partial charge < -0.3 is 10.2 Å². The zero-order valence-corrected chi connectivity index (χ0v) is 11.8. The molecule has 0 radical (unpaired) electrons. The van der Waals surface area contributed by atoms with Crippen molar-refractivity contribution in [2.75, 3.05) is 23.8 Å². The highest BCUT2D eigenvalue weighted by molar-refractivity contribution is 6.00. The van der Waals surface area contributed by atoms with Gasteiger partial charge in [0, 0.05) is 13.6 Å². The molecule has 1 aliphatic heterocycles. The lowest BCUT2D eigenvalue weighted by Gasteiger charge is -2.37. The molecular formula is C16H22N2O. The number of hydrogen-bond acceptors (Lipinski definition) is 2. The Hall–Kier alpha value is -1.51. The van der Waals surface area contributed by atoms with Gasteiger partial charge >= 0.3 is 0 Å². The predicted molar refractivity (Wildman–Crippen MR) is 78.6 cm³/mol. The number of anilines is 2. The zero-order chi connectivity index (χ0) is 13.5. The molecule has 1 heterocycles. The van der Waals surface area contributed by atoms with Gasteiger partial charge in [-0.15, -0.1) is 0 Å². The average Bonchev–Trinajstić information content (AvgIpc) is 2.48. The number of amides is 1. The second-order valence-electron chi connectivity index (χ2n) is 6.12. The highest BCUT2D eigenvalue weighted by Crippen LogP contribution is 2.43. The van der Waals surface area contributed by atoms with Crippen LogP contribution in [0.4, 0.5) is 11.4 Å². The van der Waals surface area contributed by atoms with E-state index in [1.807, 2.05) is 12.1 Å². The fourth-order valence-corrected chi connectivity index (χ4v) is 3.74. The molecule has 0 saturated heterocycles. The third-order valence-electron chi connectivity index (χ3n) is 4.70. The number of benzene rings is 1. The van der Waals surface area contributed by atoms with Gasteiger partial charge in [0.25, 0.3) is 0 Å². The van der Waals surface area contributed by atoms with E-state index in [0.29, 0.717) is 0 Å².